The summed E-state index contributed by atoms with van der Waals surface area (Å²) in [7, 11) is 0. The number of hydrogen-bond donors (Lipinski definition) is 1. The summed E-state index contributed by atoms with van der Waals surface area (Å²) < 4.78 is 0. The van der Waals surface area contributed by atoms with Crippen LogP contribution in [-0.2, 0) is 0 Å². The predicted octanol–water partition coefficient (Wildman–Crippen LogP) is 3.82. The second-order valence-corrected chi connectivity index (χ2v) is 4.82. The first-order valence-electron chi connectivity index (χ1n) is 6.28. The number of benzene rings is 1. The Morgan fingerprint density at radius 1 is 1.25 bits per heavy atom. The molecule has 1 aliphatic rings. The molecule has 2 N–H and O–H groups in total. The summed E-state index contributed by atoms with van der Waals surface area (Å²) in [5, 5.41) is 0. The molecule has 0 amide bonds. The molecule has 0 aromatic heterocycles. The molecule has 0 radical (unpaired) electrons. The second kappa shape index (κ2) is 5.31. The van der Waals surface area contributed by atoms with E-state index in [2.05, 4.69) is 37.3 Å². The molecule has 0 heterocycles. The molecular weight excluding hydrogens is 194 g/mol. The van der Waals surface area contributed by atoms with E-state index in [0.717, 1.165) is 5.92 Å². The maximum atomic E-state index is 6.21. The molecule has 1 saturated carbocycles. The number of allylic oxidation sites excluding steroid dienone is 1. The summed E-state index contributed by atoms with van der Waals surface area (Å²) in [5.41, 5.74) is 8.99. The Balaban J connectivity index is 2.10. The van der Waals surface area contributed by atoms with Gasteiger partial charge >= 0.3 is 0 Å². The van der Waals surface area contributed by atoms with Crippen molar-refractivity contribution in [1.29, 1.82) is 0 Å². The summed E-state index contributed by atoms with van der Waals surface area (Å²) in [6, 6.07) is 10.4. The monoisotopic (exact) mass is 215 g/mol. The molecule has 1 aliphatic carbocycles. The molecule has 0 spiro atoms. The topological polar surface area (TPSA) is 26.0 Å². The maximum Gasteiger partial charge on any atom is 0.0483 e. The molecule has 1 aromatic rings. The lowest BCUT2D eigenvalue weighted by Gasteiger charge is -2.23. The highest BCUT2D eigenvalue weighted by molar-refractivity contribution is 5.25. The second-order valence-electron chi connectivity index (χ2n) is 4.82. The highest BCUT2D eigenvalue weighted by atomic mass is 14.6. The van der Waals surface area contributed by atoms with Crippen LogP contribution in [-0.4, -0.2) is 0 Å². The first-order valence-corrected chi connectivity index (χ1v) is 6.28. The maximum absolute atomic E-state index is 6.21. The molecule has 1 aromatic carbocycles. The van der Waals surface area contributed by atoms with E-state index in [0.29, 0.717) is 0 Å². The zero-order valence-corrected chi connectivity index (χ0v) is 10.0. The minimum absolute atomic E-state index is 0.0664. The van der Waals surface area contributed by atoms with E-state index in [4.69, 9.17) is 5.73 Å². The third-order valence-corrected chi connectivity index (χ3v) is 3.56. The summed E-state index contributed by atoms with van der Waals surface area (Å²) >= 11 is 0. The first kappa shape index (κ1) is 11.4. The smallest absolute Gasteiger partial charge is 0.0483 e. The van der Waals surface area contributed by atoms with Gasteiger partial charge in [0, 0.05) is 6.04 Å². The SMILES string of the molecule is C[C@H]1CCCCC1=CC(N)c1ccccc1. The minimum atomic E-state index is 0.0664. The van der Waals surface area contributed by atoms with E-state index < -0.39 is 0 Å². The van der Waals surface area contributed by atoms with Gasteiger partial charge in [0.25, 0.3) is 0 Å². The Morgan fingerprint density at radius 3 is 2.69 bits per heavy atom. The van der Waals surface area contributed by atoms with Crippen LogP contribution in [0.5, 0.6) is 0 Å². The van der Waals surface area contributed by atoms with E-state index in [9.17, 15) is 0 Å². The van der Waals surface area contributed by atoms with E-state index in [1.54, 1.807) is 5.57 Å². The zero-order chi connectivity index (χ0) is 11.4. The largest absolute Gasteiger partial charge is 0.321 e. The van der Waals surface area contributed by atoms with Gasteiger partial charge in [0.1, 0.15) is 0 Å². The Kier molecular flexibility index (Phi) is 3.79. The first-order chi connectivity index (χ1) is 7.77. The fraction of sp³-hybridized carbons (Fsp3) is 0.467. The van der Waals surface area contributed by atoms with Crippen LogP contribution in [0.15, 0.2) is 42.0 Å². The van der Waals surface area contributed by atoms with E-state index in [1.807, 2.05) is 6.07 Å². The fourth-order valence-electron chi connectivity index (χ4n) is 2.46. The molecule has 0 aliphatic heterocycles. The highest BCUT2D eigenvalue weighted by Crippen LogP contribution is 2.30. The van der Waals surface area contributed by atoms with Crippen molar-refractivity contribution in [3.63, 3.8) is 0 Å². The summed E-state index contributed by atoms with van der Waals surface area (Å²) in [6.45, 7) is 2.32. The lowest BCUT2D eigenvalue weighted by atomic mass is 9.84. The van der Waals surface area contributed by atoms with Crippen LogP contribution in [0.25, 0.3) is 0 Å². The average Bonchev–Trinajstić information content (AvgIpc) is 2.33. The van der Waals surface area contributed by atoms with Crippen molar-refractivity contribution < 1.29 is 0 Å². The van der Waals surface area contributed by atoms with Crippen LogP contribution in [0, 0.1) is 5.92 Å². The zero-order valence-electron chi connectivity index (χ0n) is 10.0. The molecule has 2 atom stereocenters. The summed E-state index contributed by atoms with van der Waals surface area (Å²) in [4.78, 5) is 0. The molecule has 1 fully saturated rings. The summed E-state index contributed by atoms with van der Waals surface area (Å²) in [6.07, 6.45) is 7.55. The number of rotatable bonds is 2. The van der Waals surface area contributed by atoms with Gasteiger partial charge in [0.05, 0.1) is 0 Å². The van der Waals surface area contributed by atoms with Gasteiger partial charge in [-0.05, 0) is 30.7 Å². The highest BCUT2D eigenvalue weighted by Gasteiger charge is 2.15. The van der Waals surface area contributed by atoms with Crippen molar-refractivity contribution in [1.82, 2.24) is 0 Å². The van der Waals surface area contributed by atoms with Crippen LogP contribution in [0.1, 0.15) is 44.2 Å². The van der Waals surface area contributed by atoms with Crippen LogP contribution < -0.4 is 5.73 Å². The van der Waals surface area contributed by atoms with Crippen molar-refractivity contribution in [2.45, 2.75) is 38.6 Å². The van der Waals surface area contributed by atoms with Gasteiger partial charge in [0.2, 0.25) is 0 Å². The molecule has 16 heavy (non-hydrogen) atoms. The molecule has 0 bridgehead atoms. The summed E-state index contributed by atoms with van der Waals surface area (Å²) in [5.74, 6) is 0.725. The molecule has 0 saturated heterocycles. The third-order valence-electron chi connectivity index (χ3n) is 3.56. The lowest BCUT2D eigenvalue weighted by molar-refractivity contribution is 0.480. The average molecular weight is 215 g/mol. The number of hydrogen-bond acceptors (Lipinski definition) is 1. The van der Waals surface area contributed by atoms with Gasteiger partial charge in [-0.25, -0.2) is 0 Å². The normalized spacial score (nSPS) is 25.6. The molecule has 86 valence electrons. The van der Waals surface area contributed by atoms with Crippen LogP contribution >= 0.6 is 0 Å². The quantitative estimate of drug-likeness (QED) is 0.746. The Hall–Kier alpha value is -1.08. The van der Waals surface area contributed by atoms with Crippen LogP contribution in [0.3, 0.4) is 0 Å². The Labute approximate surface area is 98.4 Å². The van der Waals surface area contributed by atoms with Crippen LogP contribution in [0.4, 0.5) is 0 Å². The van der Waals surface area contributed by atoms with Gasteiger partial charge < -0.3 is 5.73 Å². The molecule has 1 nitrogen and oxygen atoms in total. The van der Waals surface area contributed by atoms with Gasteiger partial charge in [0.15, 0.2) is 0 Å². The lowest BCUT2D eigenvalue weighted by Crippen LogP contribution is -2.12. The minimum Gasteiger partial charge on any atom is -0.321 e. The Bertz CT molecular complexity index is 353. The van der Waals surface area contributed by atoms with Crippen molar-refractivity contribution in [2.75, 3.05) is 0 Å². The van der Waals surface area contributed by atoms with E-state index in [1.165, 1.54) is 31.2 Å². The third kappa shape index (κ3) is 2.73. The van der Waals surface area contributed by atoms with Gasteiger partial charge in [-0.2, -0.15) is 0 Å². The molecule has 2 rings (SSSR count). The molecular formula is C15H21N. The van der Waals surface area contributed by atoms with Gasteiger partial charge in [-0.15, -0.1) is 0 Å². The van der Waals surface area contributed by atoms with Crippen molar-refractivity contribution in [2.24, 2.45) is 11.7 Å². The fourth-order valence-corrected chi connectivity index (χ4v) is 2.46. The molecule has 1 unspecified atom stereocenters. The van der Waals surface area contributed by atoms with E-state index >= 15 is 0 Å². The standard InChI is InChI=1S/C15H21N/c1-12-7-5-6-10-14(12)11-15(16)13-8-3-2-4-9-13/h2-4,8-9,11-12,15H,5-7,10,16H2,1H3/t12-,15?/m0/s1. The van der Waals surface area contributed by atoms with Crippen LogP contribution in [0.2, 0.25) is 0 Å². The van der Waals surface area contributed by atoms with Crippen molar-refractivity contribution in [3.05, 3.63) is 47.5 Å². The van der Waals surface area contributed by atoms with Gasteiger partial charge in [-0.1, -0.05) is 55.3 Å². The van der Waals surface area contributed by atoms with Gasteiger partial charge in [-0.3, -0.25) is 0 Å². The van der Waals surface area contributed by atoms with E-state index in [-0.39, 0.29) is 6.04 Å². The number of nitrogens with two attached hydrogens (primary N) is 1. The van der Waals surface area contributed by atoms with Crippen molar-refractivity contribution >= 4 is 0 Å². The Morgan fingerprint density at radius 2 is 2.00 bits per heavy atom. The predicted molar refractivity (Wildman–Crippen MR) is 69.1 cm³/mol. The molecule has 1 heteroatoms. The van der Waals surface area contributed by atoms with Crippen molar-refractivity contribution in [3.8, 4) is 0 Å².